The van der Waals surface area contributed by atoms with Crippen LogP contribution in [0.3, 0.4) is 0 Å². The number of rotatable bonds is 7. The molecule has 2 aromatic heterocycles. The monoisotopic (exact) mass is 395 g/mol. The van der Waals surface area contributed by atoms with Crippen molar-refractivity contribution in [3.63, 3.8) is 0 Å². The number of carbonyl (C=O) groups excluding carboxylic acids is 2. The minimum atomic E-state index is -0.685. The maximum Gasteiger partial charge on any atom is 0.344 e. The molecule has 0 fully saturated rings. The smallest absolute Gasteiger partial charge is 0.344 e. The van der Waals surface area contributed by atoms with Crippen molar-refractivity contribution in [2.45, 2.75) is 13.8 Å². The number of nitrogens with zero attached hydrogens (tertiary/aromatic N) is 3. The summed E-state index contributed by atoms with van der Waals surface area (Å²) >= 11 is 1.47. The molecule has 142 valence electrons. The van der Waals surface area contributed by atoms with Crippen molar-refractivity contribution >= 4 is 23.1 Å². The third-order valence-electron chi connectivity index (χ3n) is 4.06. The maximum absolute atomic E-state index is 12.5. The number of hydrogen-bond donors (Lipinski definition) is 0. The van der Waals surface area contributed by atoms with E-state index in [9.17, 15) is 9.59 Å². The number of nitriles is 1. The van der Waals surface area contributed by atoms with Crippen molar-refractivity contribution < 1.29 is 19.1 Å². The number of thiazole rings is 1. The van der Waals surface area contributed by atoms with E-state index in [1.165, 1.54) is 11.3 Å². The zero-order valence-electron chi connectivity index (χ0n) is 15.3. The first kappa shape index (κ1) is 19.3. The van der Waals surface area contributed by atoms with Gasteiger partial charge in [0.1, 0.15) is 11.8 Å². The van der Waals surface area contributed by atoms with E-state index in [4.69, 9.17) is 14.7 Å². The predicted octanol–water partition coefficient (Wildman–Crippen LogP) is 3.23. The van der Waals surface area contributed by atoms with Crippen molar-refractivity contribution in [2.75, 3.05) is 13.2 Å². The van der Waals surface area contributed by atoms with Gasteiger partial charge in [0.15, 0.2) is 18.3 Å². The molecule has 0 aliphatic rings. The summed E-state index contributed by atoms with van der Waals surface area (Å²) in [6.07, 6.45) is 1.70. The van der Waals surface area contributed by atoms with Gasteiger partial charge in [0.05, 0.1) is 5.56 Å². The van der Waals surface area contributed by atoms with Crippen LogP contribution in [0.15, 0.2) is 41.9 Å². The Kier molecular flexibility index (Phi) is 5.87. The Morgan fingerprint density at radius 1 is 1.25 bits per heavy atom. The second-order valence-electron chi connectivity index (χ2n) is 5.92. The van der Waals surface area contributed by atoms with Gasteiger partial charge in [-0.2, -0.15) is 5.26 Å². The fraction of sp³-hybridized carbons (Fsp3) is 0.200. The molecule has 0 saturated carbocycles. The van der Waals surface area contributed by atoms with Crippen LogP contribution in [0.1, 0.15) is 27.3 Å². The Labute approximate surface area is 165 Å². The van der Waals surface area contributed by atoms with E-state index in [-0.39, 0.29) is 19.0 Å². The minimum Gasteiger partial charge on any atom is -0.481 e. The Morgan fingerprint density at radius 3 is 2.75 bits per heavy atom. The summed E-state index contributed by atoms with van der Waals surface area (Å²) in [6.45, 7) is 2.94. The summed E-state index contributed by atoms with van der Waals surface area (Å²) in [5.74, 6) is -0.697. The molecule has 0 unspecified atom stereocenters. The average Bonchev–Trinajstić information content (AvgIpc) is 3.32. The Bertz CT molecular complexity index is 1050. The number of aryl methyl sites for hydroxylation is 1. The SMILES string of the molecule is Cc1cc(C(=O)COC(=O)COc2ccccc2C#N)c(C)n1-c1nccs1. The lowest BCUT2D eigenvalue weighted by molar-refractivity contribution is -0.144. The first-order valence-corrected chi connectivity index (χ1v) is 9.28. The Hall–Kier alpha value is -3.44. The van der Waals surface area contributed by atoms with Crippen molar-refractivity contribution in [1.82, 2.24) is 9.55 Å². The highest BCUT2D eigenvalue weighted by atomic mass is 32.1. The van der Waals surface area contributed by atoms with E-state index in [0.29, 0.717) is 16.9 Å². The molecule has 1 aromatic carbocycles. The van der Waals surface area contributed by atoms with Gasteiger partial charge < -0.3 is 9.47 Å². The van der Waals surface area contributed by atoms with Gasteiger partial charge in [0.2, 0.25) is 5.78 Å². The number of para-hydroxylation sites is 1. The minimum absolute atomic E-state index is 0.292. The van der Waals surface area contributed by atoms with Gasteiger partial charge in [-0.25, -0.2) is 9.78 Å². The van der Waals surface area contributed by atoms with Gasteiger partial charge in [-0.15, -0.1) is 11.3 Å². The summed E-state index contributed by atoms with van der Waals surface area (Å²) in [7, 11) is 0. The molecule has 3 aromatic rings. The molecule has 0 aliphatic carbocycles. The van der Waals surface area contributed by atoms with E-state index in [2.05, 4.69) is 4.98 Å². The van der Waals surface area contributed by atoms with Gasteiger partial charge in [0, 0.05) is 28.5 Å². The van der Waals surface area contributed by atoms with Crippen LogP contribution in [0.2, 0.25) is 0 Å². The maximum atomic E-state index is 12.5. The molecule has 0 amide bonds. The van der Waals surface area contributed by atoms with E-state index in [0.717, 1.165) is 16.5 Å². The normalized spacial score (nSPS) is 10.3. The lowest BCUT2D eigenvalue weighted by Gasteiger charge is -2.08. The number of hydrogen-bond acceptors (Lipinski definition) is 7. The number of aromatic nitrogens is 2. The van der Waals surface area contributed by atoms with Crippen LogP contribution >= 0.6 is 11.3 Å². The summed E-state index contributed by atoms with van der Waals surface area (Å²) in [4.78, 5) is 28.7. The van der Waals surface area contributed by atoms with Crippen molar-refractivity contribution in [2.24, 2.45) is 0 Å². The van der Waals surface area contributed by atoms with Crippen LogP contribution in [0, 0.1) is 25.2 Å². The van der Waals surface area contributed by atoms with Crippen LogP contribution < -0.4 is 4.74 Å². The Balaban J connectivity index is 1.59. The van der Waals surface area contributed by atoms with E-state index in [1.54, 1.807) is 36.5 Å². The number of ether oxygens (including phenoxy) is 2. The van der Waals surface area contributed by atoms with Crippen LogP contribution in [0.25, 0.3) is 5.13 Å². The van der Waals surface area contributed by atoms with Crippen molar-refractivity contribution in [1.29, 1.82) is 5.26 Å². The standard InChI is InChI=1S/C20H17N3O4S/c1-13-9-16(14(2)23(13)20-22-7-8-28-20)17(24)11-27-19(25)12-26-18-6-4-3-5-15(18)10-21/h3-9H,11-12H2,1-2H3. The van der Waals surface area contributed by atoms with Crippen molar-refractivity contribution in [3.05, 3.63) is 64.4 Å². The molecule has 0 atom stereocenters. The second-order valence-corrected chi connectivity index (χ2v) is 6.79. The van der Waals surface area contributed by atoms with Crippen LogP contribution in [-0.4, -0.2) is 34.5 Å². The number of benzene rings is 1. The zero-order valence-corrected chi connectivity index (χ0v) is 16.2. The lowest BCUT2D eigenvalue weighted by Crippen LogP contribution is -2.20. The molecule has 28 heavy (non-hydrogen) atoms. The summed E-state index contributed by atoms with van der Waals surface area (Å²) < 4.78 is 12.2. The van der Waals surface area contributed by atoms with Gasteiger partial charge >= 0.3 is 5.97 Å². The molecular formula is C20H17N3O4S. The largest absolute Gasteiger partial charge is 0.481 e. The summed E-state index contributed by atoms with van der Waals surface area (Å²) in [5.41, 5.74) is 2.42. The van der Waals surface area contributed by atoms with Gasteiger partial charge in [-0.05, 0) is 32.0 Å². The third-order valence-corrected chi connectivity index (χ3v) is 4.82. The second kappa shape index (κ2) is 8.50. The molecule has 0 spiro atoms. The molecule has 3 rings (SSSR count). The molecule has 8 heteroatoms. The van der Waals surface area contributed by atoms with E-state index in [1.807, 2.05) is 29.9 Å². The molecule has 0 N–H and O–H groups in total. The quantitative estimate of drug-likeness (QED) is 0.450. The topological polar surface area (TPSA) is 94.2 Å². The molecule has 0 radical (unpaired) electrons. The molecule has 0 bridgehead atoms. The zero-order chi connectivity index (χ0) is 20.1. The van der Waals surface area contributed by atoms with Crippen LogP contribution in [0.4, 0.5) is 0 Å². The third kappa shape index (κ3) is 4.10. The van der Waals surface area contributed by atoms with Gasteiger partial charge in [0.25, 0.3) is 0 Å². The molecule has 0 saturated heterocycles. The summed E-state index contributed by atoms with van der Waals surface area (Å²) in [6, 6.07) is 10.3. The highest BCUT2D eigenvalue weighted by molar-refractivity contribution is 7.12. The fourth-order valence-corrected chi connectivity index (χ4v) is 3.50. The Morgan fingerprint density at radius 2 is 2.04 bits per heavy atom. The summed E-state index contributed by atoms with van der Waals surface area (Å²) in [5, 5.41) is 11.6. The lowest BCUT2D eigenvalue weighted by atomic mass is 10.1. The highest BCUT2D eigenvalue weighted by Crippen LogP contribution is 2.22. The predicted molar refractivity (Wildman–Crippen MR) is 103 cm³/mol. The number of esters is 1. The fourth-order valence-electron chi connectivity index (χ4n) is 2.75. The van der Waals surface area contributed by atoms with Gasteiger partial charge in [-0.1, -0.05) is 12.1 Å². The van der Waals surface area contributed by atoms with Crippen LogP contribution in [0.5, 0.6) is 5.75 Å². The van der Waals surface area contributed by atoms with Gasteiger partial charge in [-0.3, -0.25) is 9.36 Å². The average molecular weight is 395 g/mol. The van der Waals surface area contributed by atoms with E-state index >= 15 is 0 Å². The molecule has 0 aliphatic heterocycles. The van der Waals surface area contributed by atoms with Crippen molar-refractivity contribution in [3.8, 4) is 17.0 Å². The number of ketones is 1. The molecular weight excluding hydrogens is 378 g/mol. The molecule has 7 nitrogen and oxygen atoms in total. The molecule has 2 heterocycles. The number of carbonyl (C=O) groups is 2. The van der Waals surface area contributed by atoms with E-state index < -0.39 is 5.97 Å². The first-order chi connectivity index (χ1) is 13.5. The number of Topliss-reactive ketones (excluding diaryl/α,β-unsaturated/α-hetero) is 1. The van der Waals surface area contributed by atoms with Crippen LogP contribution in [-0.2, 0) is 9.53 Å². The highest BCUT2D eigenvalue weighted by Gasteiger charge is 2.19. The first-order valence-electron chi connectivity index (χ1n) is 8.41.